The summed E-state index contributed by atoms with van der Waals surface area (Å²) in [6.45, 7) is 7.28. The molecule has 1 atom stereocenters. The monoisotopic (exact) mass is 240 g/mol. The normalized spacial score (nSPS) is 32.1. The van der Waals surface area contributed by atoms with Crippen LogP contribution in [0.15, 0.2) is 0 Å². The van der Waals surface area contributed by atoms with Crippen LogP contribution in [0.5, 0.6) is 0 Å². The maximum atomic E-state index is 11.2. The number of carbonyl (C=O) groups is 1. The minimum Gasteiger partial charge on any atom is -0.389 e. The Morgan fingerprint density at radius 2 is 2.00 bits per heavy atom. The predicted molar refractivity (Wildman–Crippen MR) is 66.7 cm³/mol. The molecule has 0 aromatic heterocycles. The Bertz CT molecular complexity index is 287. The summed E-state index contributed by atoms with van der Waals surface area (Å²) in [5.41, 5.74) is -0.461. The van der Waals surface area contributed by atoms with E-state index < -0.39 is 5.60 Å². The molecule has 2 rings (SSSR count). The molecule has 0 saturated carbocycles. The Morgan fingerprint density at radius 1 is 1.35 bits per heavy atom. The van der Waals surface area contributed by atoms with Crippen LogP contribution in [0.1, 0.15) is 39.5 Å². The van der Waals surface area contributed by atoms with Crippen LogP contribution in [0, 0.1) is 0 Å². The molecule has 0 spiro atoms. The predicted octanol–water partition coefficient (Wildman–Crippen LogP) is 0.844. The van der Waals surface area contributed by atoms with Gasteiger partial charge < -0.3 is 10.0 Å². The maximum Gasteiger partial charge on any atom is 0.219 e. The molecule has 98 valence electrons. The van der Waals surface area contributed by atoms with E-state index >= 15 is 0 Å². The number of hydrogen-bond donors (Lipinski definition) is 1. The number of nitrogens with zero attached hydrogens (tertiary/aromatic N) is 2. The van der Waals surface area contributed by atoms with Gasteiger partial charge in [-0.25, -0.2) is 0 Å². The molecular weight excluding hydrogens is 216 g/mol. The van der Waals surface area contributed by atoms with E-state index in [1.165, 1.54) is 0 Å². The van der Waals surface area contributed by atoms with Crippen LogP contribution < -0.4 is 0 Å². The molecule has 2 aliphatic rings. The molecule has 2 fully saturated rings. The highest BCUT2D eigenvalue weighted by molar-refractivity contribution is 5.73. The fourth-order valence-corrected chi connectivity index (χ4v) is 3.03. The molecule has 1 amide bonds. The van der Waals surface area contributed by atoms with E-state index in [9.17, 15) is 9.90 Å². The minimum absolute atomic E-state index is 0.190. The highest BCUT2D eigenvalue weighted by Gasteiger charge is 2.38. The van der Waals surface area contributed by atoms with Gasteiger partial charge in [0.05, 0.1) is 5.60 Å². The van der Waals surface area contributed by atoms with E-state index in [1.54, 1.807) is 6.92 Å². The van der Waals surface area contributed by atoms with Crippen LogP contribution >= 0.6 is 0 Å². The first kappa shape index (κ1) is 12.8. The van der Waals surface area contributed by atoms with Crippen molar-refractivity contribution < 1.29 is 9.90 Å². The zero-order valence-corrected chi connectivity index (χ0v) is 11.0. The van der Waals surface area contributed by atoms with Gasteiger partial charge in [0.25, 0.3) is 0 Å². The van der Waals surface area contributed by atoms with Gasteiger partial charge in [0.1, 0.15) is 0 Å². The third kappa shape index (κ3) is 2.80. The SMILES string of the molecule is CCC1(O)CCN(C2CCN(C(C)=O)CC2)C1. The first-order valence-corrected chi connectivity index (χ1v) is 6.76. The van der Waals surface area contributed by atoms with Gasteiger partial charge in [-0.2, -0.15) is 0 Å². The Kier molecular flexibility index (Phi) is 3.73. The van der Waals surface area contributed by atoms with Gasteiger partial charge >= 0.3 is 0 Å². The molecule has 0 bridgehead atoms. The standard InChI is InChI=1S/C13H24N2O2/c1-3-13(17)6-9-15(10-13)12-4-7-14(8-5-12)11(2)16/h12,17H,3-10H2,1-2H3. The Morgan fingerprint density at radius 3 is 2.47 bits per heavy atom. The number of hydrogen-bond acceptors (Lipinski definition) is 3. The zero-order chi connectivity index (χ0) is 12.5. The van der Waals surface area contributed by atoms with Gasteiger partial charge in [-0.05, 0) is 25.7 Å². The summed E-state index contributed by atoms with van der Waals surface area (Å²) in [6, 6.07) is 0.561. The topological polar surface area (TPSA) is 43.8 Å². The van der Waals surface area contributed by atoms with Crippen molar-refractivity contribution in [1.82, 2.24) is 9.80 Å². The first-order valence-electron chi connectivity index (χ1n) is 6.76. The van der Waals surface area contributed by atoms with Crippen LogP contribution in [0.4, 0.5) is 0 Å². The largest absolute Gasteiger partial charge is 0.389 e. The van der Waals surface area contributed by atoms with Gasteiger partial charge in [-0.1, -0.05) is 6.92 Å². The summed E-state index contributed by atoms with van der Waals surface area (Å²) < 4.78 is 0. The molecule has 17 heavy (non-hydrogen) atoms. The van der Waals surface area contributed by atoms with Gasteiger partial charge in [0.2, 0.25) is 5.91 Å². The average Bonchev–Trinajstić information content (AvgIpc) is 2.73. The highest BCUT2D eigenvalue weighted by atomic mass is 16.3. The molecule has 2 aliphatic heterocycles. The summed E-state index contributed by atoms with van der Waals surface area (Å²) in [5, 5.41) is 10.2. The van der Waals surface area contributed by atoms with Crippen molar-refractivity contribution in [3.8, 4) is 0 Å². The van der Waals surface area contributed by atoms with Gasteiger partial charge in [-0.3, -0.25) is 9.69 Å². The third-order valence-electron chi connectivity index (χ3n) is 4.45. The number of piperidine rings is 1. The molecule has 4 nitrogen and oxygen atoms in total. The number of rotatable bonds is 2. The van der Waals surface area contributed by atoms with Crippen molar-refractivity contribution in [2.75, 3.05) is 26.2 Å². The Labute approximate surface area is 104 Å². The van der Waals surface area contributed by atoms with E-state index in [0.29, 0.717) is 6.04 Å². The fourth-order valence-electron chi connectivity index (χ4n) is 3.03. The summed E-state index contributed by atoms with van der Waals surface area (Å²) in [7, 11) is 0. The smallest absolute Gasteiger partial charge is 0.219 e. The van der Waals surface area contributed by atoms with Gasteiger partial charge in [-0.15, -0.1) is 0 Å². The lowest BCUT2D eigenvalue weighted by Gasteiger charge is -2.36. The molecule has 0 aliphatic carbocycles. The average molecular weight is 240 g/mol. The Balaban J connectivity index is 1.84. The zero-order valence-electron chi connectivity index (χ0n) is 11.0. The summed E-state index contributed by atoms with van der Waals surface area (Å²) >= 11 is 0. The summed E-state index contributed by atoms with van der Waals surface area (Å²) in [6.07, 6.45) is 3.85. The molecule has 0 aromatic rings. The van der Waals surface area contributed by atoms with E-state index in [-0.39, 0.29) is 5.91 Å². The molecule has 4 heteroatoms. The molecule has 2 saturated heterocycles. The summed E-state index contributed by atoms with van der Waals surface area (Å²) in [4.78, 5) is 15.6. The van der Waals surface area contributed by atoms with Gasteiger partial charge in [0, 0.05) is 39.1 Å². The van der Waals surface area contributed by atoms with E-state index in [4.69, 9.17) is 0 Å². The van der Waals surface area contributed by atoms with Crippen LogP contribution in [0.2, 0.25) is 0 Å². The fraction of sp³-hybridized carbons (Fsp3) is 0.923. The Hall–Kier alpha value is -0.610. The van der Waals surface area contributed by atoms with Gasteiger partial charge in [0.15, 0.2) is 0 Å². The second-order valence-corrected chi connectivity index (χ2v) is 5.54. The molecule has 0 radical (unpaired) electrons. The van der Waals surface area contributed by atoms with Crippen molar-refractivity contribution in [1.29, 1.82) is 0 Å². The van der Waals surface area contributed by atoms with Crippen molar-refractivity contribution >= 4 is 5.91 Å². The number of carbonyl (C=O) groups excluding carboxylic acids is 1. The van der Waals surface area contributed by atoms with Crippen molar-refractivity contribution in [3.05, 3.63) is 0 Å². The molecule has 1 N–H and O–H groups in total. The number of aliphatic hydroxyl groups is 1. The number of likely N-dealkylation sites (tertiary alicyclic amines) is 2. The van der Waals surface area contributed by atoms with Crippen LogP contribution in [-0.4, -0.2) is 58.6 Å². The van der Waals surface area contributed by atoms with Crippen molar-refractivity contribution in [2.45, 2.75) is 51.2 Å². The van der Waals surface area contributed by atoms with Crippen molar-refractivity contribution in [3.63, 3.8) is 0 Å². The highest BCUT2D eigenvalue weighted by Crippen LogP contribution is 2.29. The molecule has 1 unspecified atom stereocenters. The summed E-state index contributed by atoms with van der Waals surface area (Å²) in [5.74, 6) is 0.190. The lowest BCUT2D eigenvalue weighted by atomic mass is 10.00. The van der Waals surface area contributed by atoms with Crippen LogP contribution in [0.25, 0.3) is 0 Å². The van der Waals surface area contributed by atoms with Crippen LogP contribution in [-0.2, 0) is 4.79 Å². The van der Waals surface area contributed by atoms with Crippen molar-refractivity contribution in [2.24, 2.45) is 0 Å². The van der Waals surface area contributed by atoms with Crippen LogP contribution in [0.3, 0.4) is 0 Å². The first-order chi connectivity index (χ1) is 8.04. The molecule has 0 aromatic carbocycles. The number of β-amino-alcohol motifs (C(OH)–C–C–N with tert-alkyl or cyclic N) is 1. The third-order valence-corrected chi connectivity index (χ3v) is 4.45. The second kappa shape index (κ2) is 4.94. The minimum atomic E-state index is -0.461. The maximum absolute atomic E-state index is 11.2. The molecular formula is C13H24N2O2. The lowest BCUT2D eigenvalue weighted by molar-refractivity contribution is -0.130. The molecule has 2 heterocycles. The second-order valence-electron chi connectivity index (χ2n) is 5.54. The lowest BCUT2D eigenvalue weighted by Crippen LogP contribution is -2.46. The van der Waals surface area contributed by atoms with E-state index in [2.05, 4.69) is 11.8 Å². The van der Waals surface area contributed by atoms with E-state index in [0.717, 1.165) is 51.9 Å². The van der Waals surface area contributed by atoms with E-state index in [1.807, 2.05) is 4.90 Å². The quantitative estimate of drug-likeness (QED) is 0.778. The number of amides is 1.